The van der Waals surface area contributed by atoms with Crippen molar-refractivity contribution in [3.8, 4) is 0 Å². The molecule has 178 valence electrons. The molecule has 0 saturated carbocycles. The van der Waals surface area contributed by atoms with Crippen LogP contribution < -0.4 is 0 Å². The first-order valence-corrected chi connectivity index (χ1v) is 8.47. The number of carbonyl (C=O) groups is 1. The van der Waals surface area contributed by atoms with Crippen molar-refractivity contribution in [2.45, 2.75) is 61.7 Å². The van der Waals surface area contributed by atoms with Gasteiger partial charge in [0.25, 0.3) is 0 Å². The highest BCUT2D eigenvalue weighted by Gasteiger charge is 2.87. The first kappa shape index (κ1) is 26.6. The Bertz CT molecular complexity index is 590. The van der Waals surface area contributed by atoms with Crippen LogP contribution in [-0.2, 0) is 9.53 Å². The van der Waals surface area contributed by atoms with Crippen LogP contribution in [0, 0.1) is 0 Å². The Kier molecular flexibility index (Phi) is 7.98. The molecule has 1 rings (SSSR count). The van der Waals surface area contributed by atoms with Crippen molar-refractivity contribution in [3.05, 3.63) is 0 Å². The van der Waals surface area contributed by atoms with Crippen LogP contribution in [0.1, 0.15) is 25.7 Å². The fourth-order valence-electron chi connectivity index (χ4n) is 2.54. The number of carbonyl (C=O) groups excluding carboxylic acids is 1. The summed E-state index contributed by atoms with van der Waals surface area (Å²) in [5.74, 6) is -37.3. The Hall–Kier alpha value is -1.41. The number of halogens is 12. The quantitative estimate of drug-likeness (QED) is 0.337. The van der Waals surface area contributed by atoms with Gasteiger partial charge in [0.1, 0.15) is 0 Å². The third-order valence-corrected chi connectivity index (χ3v) is 4.44. The topological polar surface area (TPSA) is 29.5 Å². The minimum absolute atomic E-state index is 0.0460. The first-order chi connectivity index (χ1) is 13.4. The molecule has 1 fully saturated rings. The molecule has 3 nitrogen and oxygen atoms in total. The van der Waals surface area contributed by atoms with E-state index in [1.807, 2.05) is 0 Å². The molecule has 15 heteroatoms. The van der Waals surface area contributed by atoms with E-state index in [1.165, 1.54) is 0 Å². The van der Waals surface area contributed by atoms with E-state index >= 15 is 0 Å². The minimum Gasteiger partial charge on any atom is -0.459 e. The second-order valence-electron chi connectivity index (χ2n) is 6.66. The van der Waals surface area contributed by atoms with Crippen molar-refractivity contribution in [3.63, 3.8) is 0 Å². The number of alkyl halides is 12. The Morgan fingerprint density at radius 1 is 0.800 bits per heavy atom. The van der Waals surface area contributed by atoms with Gasteiger partial charge in [-0.05, 0) is 25.9 Å². The van der Waals surface area contributed by atoms with E-state index in [2.05, 4.69) is 4.74 Å². The zero-order chi connectivity index (χ0) is 23.6. The predicted octanol–water partition coefficient (Wildman–Crippen LogP) is 4.85. The largest absolute Gasteiger partial charge is 0.459 e. The zero-order valence-corrected chi connectivity index (χ0v) is 15.0. The summed E-state index contributed by atoms with van der Waals surface area (Å²) in [7, 11) is 0. The van der Waals surface area contributed by atoms with Gasteiger partial charge in [-0.3, -0.25) is 4.79 Å². The number of ether oxygens (including phenoxy) is 1. The van der Waals surface area contributed by atoms with Gasteiger partial charge >= 0.3 is 42.0 Å². The fraction of sp³-hybridized carbons (Fsp3) is 0.933. The number of hydrogen-bond donors (Lipinski definition) is 0. The summed E-state index contributed by atoms with van der Waals surface area (Å²) < 4.78 is 160. The third-order valence-electron chi connectivity index (χ3n) is 4.44. The highest BCUT2D eigenvalue weighted by atomic mass is 19.4. The second kappa shape index (κ2) is 8.99. The van der Waals surface area contributed by atoms with E-state index in [0.29, 0.717) is 13.1 Å². The lowest BCUT2D eigenvalue weighted by Gasteiger charge is -2.38. The molecular weight excluding hydrogens is 454 g/mol. The van der Waals surface area contributed by atoms with Crippen molar-refractivity contribution >= 4 is 5.97 Å². The summed E-state index contributed by atoms with van der Waals surface area (Å²) in [6.45, 7) is -1.82. The summed E-state index contributed by atoms with van der Waals surface area (Å²) in [6, 6.07) is 0. The summed E-state index contributed by atoms with van der Waals surface area (Å²) in [4.78, 5) is 13.1. The van der Waals surface area contributed by atoms with E-state index in [1.54, 1.807) is 4.90 Å². The molecule has 1 aliphatic heterocycles. The molecule has 0 spiro atoms. The number of hydrogen-bond acceptors (Lipinski definition) is 3. The average molecular weight is 471 g/mol. The molecule has 0 aromatic carbocycles. The van der Waals surface area contributed by atoms with Gasteiger partial charge in [0.05, 0.1) is 6.42 Å². The monoisotopic (exact) mass is 471 g/mol. The van der Waals surface area contributed by atoms with Gasteiger partial charge in [0.15, 0.2) is 6.61 Å². The summed E-state index contributed by atoms with van der Waals surface area (Å²) in [6.07, 6.45) is -3.74. The summed E-state index contributed by atoms with van der Waals surface area (Å²) in [5, 5.41) is 0. The molecule has 1 aliphatic rings. The Balaban J connectivity index is 2.85. The van der Waals surface area contributed by atoms with Crippen molar-refractivity contribution < 1.29 is 62.2 Å². The lowest BCUT2D eigenvalue weighted by molar-refractivity contribution is -0.414. The van der Waals surface area contributed by atoms with Gasteiger partial charge in [-0.1, -0.05) is 6.42 Å². The van der Waals surface area contributed by atoms with Crippen LogP contribution in [0.25, 0.3) is 0 Å². The van der Waals surface area contributed by atoms with Gasteiger partial charge in [0, 0.05) is 6.54 Å². The first-order valence-electron chi connectivity index (χ1n) is 8.47. The van der Waals surface area contributed by atoms with Gasteiger partial charge in [-0.2, -0.15) is 43.9 Å². The van der Waals surface area contributed by atoms with Gasteiger partial charge in [0.2, 0.25) is 0 Å². The van der Waals surface area contributed by atoms with E-state index in [0.717, 1.165) is 19.3 Å². The molecule has 1 saturated heterocycles. The van der Waals surface area contributed by atoms with Crippen molar-refractivity contribution in [2.75, 3.05) is 26.2 Å². The summed E-state index contributed by atoms with van der Waals surface area (Å²) >= 11 is 0. The predicted molar refractivity (Wildman–Crippen MR) is 76.6 cm³/mol. The van der Waals surface area contributed by atoms with Crippen molar-refractivity contribution in [2.24, 2.45) is 0 Å². The molecule has 0 amide bonds. The fourth-order valence-corrected chi connectivity index (χ4v) is 2.54. The van der Waals surface area contributed by atoms with E-state index < -0.39 is 55.0 Å². The Morgan fingerprint density at radius 2 is 1.30 bits per heavy atom. The number of piperidine rings is 1. The Labute approximate surface area is 162 Å². The average Bonchev–Trinajstić information content (AvgIpc) is 2.64. The number of esters is 1. The highest BCUT2D eigenvalue weighted by Crippen LogP contribution is 2.58. The Morgan fingerprint density at radius 3 is 1.77 bits per heavy atom. The molecular formula is C15H17F12NO2. The number of rotatable bonds is 10. The molecule has 0 atom stereocenters. The number of nitrogens with zero attached hydrogens (tertiary/aromatic N) is 1. The maximum atomic E-state index is 13.5. The normalized spacial score (nSPS) is 18.0. The van der Waals surface area contributed by atoms with E-state index in [-0.39, 0.29) is 6.54 Å². The van der Waals surface area contributed by atoms with Crippen molar-refractivity contribution in [1.82, 2.24) is 4.90 Å². The van der Waals surface area contributed by atoms with Gasteiger partial charge < -0.3 is 9.64 Å². The van der Waals surface area contributed by atoms with Crippen LogP contribution in [0.3, 0.4) is 0 Å². The molecule has 30 heavy (non-hydrogen) atoms. The molecule has 0 aliphatic carbocycles. The van der Waals surface area contributed by atoms with Crippen LogP contribution in [-0.4, -0.2) is 73.1 Å². The second-order valence-corrected chi connectivity index (χ2v) is 6.66. The molecule has 0 radical (unpaired) electrons. The van der Waals surface area contributed by atoms with Gasteiger partial charge in [-0.15, -0.1) is 0 Å². The minimum atomic E-state index is -7.62. The van der Waals surface area contributed by atoms with Crippen LogP contribution in [0.15, 0.2) is 0 Å². The van der Waals surface area contributed by atoms with Crippen LogP contribution >= 0.6 is 0 Å². The number of likely N-dealkylation sites (tertiary alicyclic amines) is 1. The maximum absolute atomic E-state index is 13.5. The highest BCUT2D eigenvalue weighted by molar-refractivity contribution is 5.69. The molecule has 0 N–H and O–H groups in total. The van der Waals surface area contributed by atoms with Crippen LogP contribution in [0.5, 0.6) is 0 Å². The lowest BCUT2D eigenvalue weighted by atomic mass is 9.94. The molecule has 1 heterocycles. The summed E-state index contributed by atoms with van der Waals surface area (Å²) in [5.41, 5.74) is 0. The smallest absolute Gasteiger partial charge is 0.384 e. The standard InChI is InChI=1S/C15H17F12NO2/c16-10(17)12(20,21)14(24,25)15(26,27)13(22,23)11(18,19)8-30-9(29)4-7-28-5-2-1-3-6-28/h10H,1-8H2. The molecule has 0 bridgehead atoms. The molecule has 0 aromatic rings. The zero-order valence-electron chi connectivity index (χ0n) is 15.0. The lowest BCUT2D eigenvalue weighted by Crippen LogP contribution is -2.69. The maximum Gasteiger partial charge on any atom is 0.384 e. The molecule has 0 aromatic heterocycles. The van der Waals surface area contributed by atoms with E-state index in [9.17, 15) is 57.5 Å². The van der Waals surface area contributed by atoms with Gasteiger partial charge in [-0.25, -0.2) is 8.78 Å². The SMILES string of the molecule is O=C(CCN1CCCCC1)OCC(F)(F)C(F)(F)C(F)(F)C(F)(F)C(F)(F)C(F)F. The van der Waals surface area contributed by atoms with E-state index in [4.69, 9.17) is 0 Å². The van der Waals surface area contributed by atoms with Crippen LogP contribution in [0.2, 0.25) is 0 Å². The van der Waals surface area contributed by atoms with Crippen LogP contribution in [0.4, 0.5) is 52.7 Å². The molecule has 0 unspecified atom stereocenters. The van der Waals surface area contributed by atoms with Crippen molar-refractivity contribution in [1.29, 1.82) is 0 Å². The third kappa shape index (κ3) is 4.90.